The summed E-state index contributed by atoms with van der Waals surface area (Å²) in [5.74, 6) is 1.40. The molecular formula is C20H32N2O3S. The van der Waals surface area contributed by atoms with Crippen molar-refractivity contribution >= 4 is 22.0 Å². The van der Waals surface area contributed by atoms with Crippen molar-refractivity contribution in [2.45, 2.75) is 84.6 Å². The highest BCUT2D eigenvalue weighted by Gasteiger charge is 2.10. The van der Waals surface area contributed by atoms with Crippen LogP contribution in [-0.2, 0) is 24.0 Å². The van der Waals surface area contributed by atoms with E-state index in [0.29, 0.717) is 5.75 Å². The Labute approximate surface area is 158 Å². The molecule has 0 aliphatic heterocycles. The van der Waals surface area contributed by atoms with Crippen molar-refractivity contribution in [3.63, 3.8) is 0 Å². The molecule has 2 rings (SSSR count). The third-order valence-electron chi connectivity index (χ3n) is 4.80. The van der Waals surface area contributed by atoms with Crippen molar-refractivity contribution in [1.82, 2.24) is 9.55 Å². The molecule has 146 valence electrons. The molecule has 0 radical (unpaired) electrons. The molecule has 0 fully saturated rings. The van der Waals surface area contributed by atoms with Gasteiger partial charge in [-0.15, -0.1) is 0 Å². The summed E-state index contributed by atoms with van der Waals surface area (Å²) in [7, 11) is -2.89. The maximum absolute atomic E-state index is 10.7. The van der Waals surface area contributed by atoms with E-state index in [1.807, 2.05) is 6.07 Å². The molecule has 0 saturated heterocycles. The average molecular weight is 381 g/mol. The number of fused-ring (bicyclic) bond motifs is 1. The molecule has 1 aromatic carbocycles. The number of aryl methyl sites for hydroxylation is 2. The fraction of sp³-hybridized carbons (Fsp3) is 0.650. The molecule has 0 saturated carbocycles. The van der Waals surface area contributed by atoms with Gasteiger partial charge in [-0.1, -0.05) is 58.3 Å². The van der Waals surface area contributed by atoms with Gasteiger partial charge in [0.05, 0.1) is 11.0 Å². The van der Waals surface area contributed by atoms with Crippen LogP contribution in [-0.4, -0.2) is 18.0 Å². The molecule has 0 N–H and O–H groups in total. The first-order valence-corrected chi connectivity index (χ1v) is 11.1. The van der Waals surface area contributed by atoms with E-state index in [9.17, 15) is 8.42 Å². The van der Waals surface area contributed by atoms with Crippen LogP contribution in [0.5, 0.6) is 5.75 Å². The van der Waals surface area contributed by atoms with Crippen LogP contribution in [0.15, 0.2) is 18.2 Å². The second-order valence-corrected chi connectivity index (χ2v) is 7.45. The van der Waals surface area contributed by atoms with Crippen LogP contribution in [0.25, 0.3) is 11.0 Å². The summed E-state index contributed by atoms with van der Waals surface area (Å²) in [6.07, 6.45) is 12.8. The summed E-state index contributed by atoms with van der Waals surface area (Å²) < 4.78 is 28.4. The van der Waals surface area contributed by atoms with Crippen molar-refractivity contribution < 1.29 is 12.6 Å². The number of hydrogen-bond donors (Lipinski definition) is 1. The monoisotopic (exact) mass is 380 g/mol. The molecule has 2 aromatic rings. The number of rotatable bonds is 13. The Hall–Kier alpha value is -1.56. The minimum Gasteiger partial charge on any atom is -0.384 e. The maximum atomic E-state index is 10.7. The maximum Gasteiger partial charge on any atom is 0.299 e. The van der Waals surface area contributed by atoms with E-state index >= 15 is 0 Å². The minimum atomic E-state index is -2.89. The summed E-state index contributed by atoms with van der Waals surface area (Å²) >= 11 is 0. The van der Waals surface area contributed by atoms with Crippen molar-refractivity contribution in [2.24, 2.45) is 0 Å². The first-order valence-electron chi connectivity index (χ1n) is 9.97. The van der Waals surface area contributed by atoms with Gasteiger partial charge in [0, 0.05) is 19.0 Å². The Kier molecular flexibility index (Phi) is 8.95. The van der Waals surface area contributed by atoms with Gasteiger partial charge in [-0.3, -0.25) is 0 Å². The van der Waals surface area contributed by atoms with Crippen LogP contribution in [0.2, 0.25) is 0 Å². The molecule has 0 bridgehead atoms. The van der Waals surface area contributed by atoms with Gasteiger partial charge >= 0.3 is 0 Å². The molecule has 0 atom stereocenters. The zero-order chi connectivity index (χ0) is 18.8. The van der Waals surface area contributed by atoms with Crippen molar-refractivity contribution in [1.29, 1.82) is 0 Å². The Bertz CT molecular complexity index is 745. The van der Waals surface area contributed by atoms with Crippen LogP contribution in [0.4, 0.5) is 0 Å². The fourth-order valence-electron chi connectivity index (χ4n) is 3.44. The first-order chi connectivity index (χ1) is 12.7. The van der Waals surface area contributed by atoms with Crippen molar-refractivity contribution in [3.8, 4) is 5.75 Å². The number of benzene rings is 1. The smallest absolute Gasteiger partial charge is 0.299 e. The number of nitrogens with zero attached hydrogens (tertiary/aromatic N) is 2. The fourth-order valence-corrected chi connectivity index (χ4v) is 3.73. The molecule has 0 aliphatic carbocycles. The predicted octanol–water partition coefficient (Wildman–Crippen LogP) is 5.03. The van der Waals surface area contributed by atoms with E-state index in [1.54, 1.807) is 12.1 Å². The third kappa shape index (κ3) is 6.31. The van der Waals surface area contributed by atoms with Gasteiger partial charge < -0.3 is 8.75 Å². The molecule has 0 aliphatic rings. The quantitative estimate of drug-likeness (QED) is 0.391. The molecule has 0 spiro atoms. The average Bonchev–Trinajstić information content (AvgIpc) is 2.96. The van der Waals surface area contributed by atoms with Gasteiger partial charge in [-0.05, 0) is 25.5 Å². The largest absolute Gasteiger partial charge is 0.384 e. The van der Waals surface area contributed by atoms with E-state index < -0.39 is 11.0 Å². The van der Waals surface area contributed by atoms with Gasteiger partial charge in [0.15, 0.2) is 0 Å². The van der Waals surface area contributed by atoms with Gasteiger partial charge in [-0.2, -0.15) is 8.42 Å². The van der Waals surface area contributed by atoms with Crippen LogP contribution in [0.1, 0.15) is 77.5 Å². The lowest BCUT2D eigenvalue weighted by atomic mass is 10.1. The number of aromatic nitrogens is 2. The molecule has 1 aromatic heterocycles. The van der Waals surface area contributed by atoms with Gasteiger partial charge in [0.25, 0.3) is 11.0 Å². The number of unbranched alkanes of at least 4 members (excludes halogenated alkanes) is 8. The van der Waals surface area contributed by atoms with Crippen molar-refractivity contribution in [2.75, 3.05) is 0 Å². The number of thiol groups is 1. The van der Waals surface area contributed by atoms with E-state index in [1.165, 1.54) is 51.4 Å². The standard InChI is InChI=1S/C20H32N2O3S/c1-3-5-6-7-8-9-10-11-12-13-20-21-18-16-17(25-26(23)24)14-15-19(18)22(20)4-2/h14-16,26H,3-13H2,1-2H3. The number of imidazole rings is 1. The summed E-state index contributed by atoms with van der Waals surface area (Å²) in [5.41, 5.74) is 1.83. The van der Waals surface area contributed by atoms with E-state index in [2.05, 4.69) is 18.4 Å². The summed E-state index contributed by atoms with van der Waals surface area (Å²) in [4.78, 5) is 4.71. The normalized spacial score (nSPS) is 11.5. The topological polar surface area (TPSA) is 61.2 Å². The number of hydrogen-bond acceptors (Lipinski definition) is 4. The lowest BCUT2D eigenvalue weighted by molar-refractivity contribution is 0.511. The summed E-state index contributed by atoms with van der Waals surface area (Å²) in [6, 6.07) is 5.27. The highest BCUT2D eigenvalue weighted by atomic mass is 32.2. The SMILES string of the molecule is CCCCCCCCCCCc1nc2cc(O[SH](=O)=O)ccc2n1CC. The molecule has 5 nitrogen and oxygen atoms in total. The third-order valence-corrected chi connectivity index (χ3v) is 5.16. The van der Waals surface area contributed by atoms with Crippen LogP contribution >= 0.6 is 0 Å². The van der Waals surface area contributed by atoms with Gasteiger partial charge in [-0.25, -0.2) is 4.98 Å². The Balaban J connectivity index is 1.84. The molecule has 26 heavy (non-hydrogen) atoms. The second-order valence-electron chi connectivity index (χ2n) is 6.82. The zero-order valence-corrected chi connectivity index (χ0v) is 17.0. The minimum absolute atomic E-state index is 0.323. The lowest BCUT2D eigenvalue weighted by Crippen LogP contribution is -2.01. The van der Waals surface area contributed by atoms with E-state index in [-0.39, 0.29) is 0 Å². The highest BCUT2D eigenvalue weighted by molar-refractivity contribution is 7.67. The Morgan fingerprint density at radius 2 is 1.62 bits per heavy atom. The van der Waals surface area contributed by atoms with E-state index in [0.717, 1.165) is 36.2 Å². The van der Waals surface area contributed by atoms with Crippen LogP contribution in [0.3, 0.4) is 0 Å². The van der Waals surface area contributed by atoms with Gasteiger partial charge in [0.1, 0.15) is 11.6 Å². The van der Waals surface area contributed by atoms with Crippen LogP contribution in [0, 0.1) is 0 Å². The molecule has 6 heteroatoms. The summed E-state index contributed by atoms with van der Waals surface area (Å²) in [5, 5.41) is 0. The summed E-state index contributed by atoms with van der Waals surface area (Å²) in [6.45, 7) is 5.22. The lowest BCUT2D eigenvalue weighted by Gasteiger charge is -2.06. The molecule has 0 unspecified atom stereocenters. The Morgan fingerprint density at radius 1 is 0.962 bits per heavy atom. The van der Waals surface area contributed by atoms with Crippen molar-refractivity contribution in [3.05, 3.63) is 24.0 Å². The first kappa shape index (κ1) is 20.7. The van der Waals surface area contributed by atoms with E-state index in [4.69, 9.17) is 9.17 Å². The predicted molar refractivity (Wildman–Crippen MR) is 107 cm³/mol. The highest BCUT2D eigenvalue weighted by Crippen LogP contribution is 2.23. The molecule has 0 amide bonds. The van der Waals surface area contributed by atoms with Gasteiger partial charge in [0.2, 0.25) is 0 Å². The second kappa shape index (κ2) is 11.2. The molecular weight excluding hydrogens is 348 g/mol. The van der Waals surface area contributed by atoms with Crippen LogP contribution < -0.4 is 4.18 Å². The molecule has 1 heterocycles. The Morgan fingerprint density at radius 3 is 2.23 bits per heavy atom. The zero-order valence-electron chi connectivity index (χ0n) is 16.1.